The van der Waals surface area contributed by atoms with Crippen molar-refractivity contribution >= 4 is 5.97 Å². The molecule has 3 heteroatoms. The van der Waals surface area contributed by atoms with Gasteiger partial charge in [-0.1, -0.05) is 23.8 Å². The van der Waals surface area contributed by atoms with Gasteiger partial charge >= 0.3 is 5.97 Å². The summed E-state index contributed by atoms with van der Waals surface area (Å²) in [5.74, 6) is -0.588. The molecule has 0 aromatic heterocycles. The molecule has 3 nitrogen and oxygen atoms in total. The van der Waals surface area contributed by atoms with Crippen molar-refractivity contribution in [2.75, 3.05) is 7.11 Å². The minimum Gasteiger partial charge on any atom is -0.467 e. The number of hydrogen-bond acceptors (Lipinski definition) is 3. The molecule has 0 fully saturated rings. The van der Waals surface area contributed by atoms with E-state index in [9.17, 15) is 9.90 Å². The van der Waals surface area contributed by atoms with E-state index in [4.69, 9.17) is 0 Å². The molecule has 0 aliphatic heterocycles. The smallest absolute Gasteiger partial charge is 0.335 e. The third kappa shape index (κ3) is 3.06. The highest BCUT2D eigenvalue weighted by Crippen LogP contribution is 2.13. The highest BCUT2D eigenvalue weighted by atomic mass is 16.5. The Hall–Kier alpha value is -1.35. The number of aliphatic hydroxyl groups excluding tert-OH is 1. The minimum absolute atomic E-state index is 0.304. The molecule has 1 aromatic rings. The van der Waals surface area contributed by atoms with Gasteiger partial charge in [0.2, 0.25) is 0 Å². The number of carbonyl (C=O) groups is 1. The molecule has 0 saturated carbocycles. The Balaban J connectivity index is 2.76. The van der Waals surface area contributed by atoms with E-state index >= 15 is 0 Å². The standard InChI is InChI=1S/C12H16O3/c1-8-4-5-10(9(2)6-8)7-11(13)12(14)15-3/h4-6,11,13H,7H2,1-3H3/t11-/m1/s1. The fourth-order valence-electron chi connectivity index (χ4n) is 1.50. The van der Waals surface area contributed by atoms with E-state index in [1.54, 1.807) is 0 Å². The SMILES string of the molecule is COC(=O)[C@H](O)Cc1ccc(C)cc1C. The Morgan fingerprint density at radius 3 is 2.67 bits per heavy atom. The highest BCUT2D eigenvalue weighted by Gasteiger charge is 2.16. The molecule has 0 aliphatic rings. The van der Waals surface area contributed by atoms with Crippen LogP contribution in [0.3, 0.4) is 0 Å². The van der Waals surface area contributed by atoms with E-state index in [2.05, 4.69) is 4.74 Å². The summed E-state index contributed by atoms with van der Waals surface area (Å²) < 4.78 is 4.46. The number of methoxy groups -OCH3 is 1. The lowest BCUT2D eigenvalue weighted by Gasteiger charge is -2.10. The lowest BCUT2D eigenvalue weighted by atomic mass is 10.0. The zero-order chi connectivity index (χ0) is 11.4. The first-order valence-corrected chi connectivity index (χ1v) is 4.86. The Kier molecular flexibility index (Phi) is 3.86. The van der Waals surface area contributed by atoms with E-state index in [0.717, 1.165) is 11.1 Å². The maximum atomic E-state index is 11.0. The van der Waals surface area contributed by atoms with Crippen molar-refractivity contribution in [3.05, 3.63) is 34.9 Å². The van der Waals surface area contributed by atoms with Crippen LogP contribution in [0.15, 0.2) is 18.2 Å². The molecule has 0 bridgehead atoms. The second-order valence-corrected chi connectivity index (χ2v) is 3.67. The second kappa shape index (κ2) is 4.94. The second-order valence-electron chi connectivity index (χ2n) is 3.67. The summed E-state index contributed by atoms with van der Waals surface area (Å²) in [6, 6.07) is 5.92. The zero-order valence-corrected chi connectivity index (χ0v) is 9.28. The van der Waals surface area contributed by atoms with Crippen LogP contribution in [-0.4, -0.2) is 24.3 Å². The van der Waals surface area contributed by atoms with Crippen LogP contribution in [-0.2, 0) is 16.0 Å². The number of aliphatic hydroxyl groups is 1. The van der Waals surface area contributed by atoms with Crippen LogP contribution in [0.4, 0.5) is 0 Å². The van der Waals surface area contributed by atoms with Crippen molar-refractivity contribution in [3.8, 4) is 0 Å². The van der Waals surface area contributed by atoms with Gasteiger partial charge in [0.1, 0.15) is 0 Å². The molecule has 82 valence electrons. The Labute approximate surface area is 89.7 Å². The number of carbonyl (C=O) groups excluding carboxylic acids is 1. The molecule has 1 N–H and O–H groups in total. The topological polar surface area (TPSA) is 46.5 Å². The van der Waals surface area contributed by atoms with Crippen LogP contribution in [0.2, 0.25) is 0 Å². The van der Waals surface area contributed by atoms with Gasteiger partial charge in [0, 0.05) is 6.42 Å². The van der Waals surface area contributed by atoms with Crippen molar-refractivity contribution in [1.82, 2.24) is 0 Å². The molecule has 0 amide bonds. The summed E-state index contributed by atoms with van der Waals surface area (Å²) in [5, 5.41) is 9.49. The number of hydrogen-bond donors (Lipinski definition) is 1. The molecule has 0 aliphatic carbocycles. The first-order valence-electron chi connectivity index (χ1n) is 4.86. The summed E-state index contributed by atoms with van der Waals surface area (Å²) in [7, 11) is 1.27. The predicted octanol–water partition coefficient (Wildman–Crippen LogP) is 1.38. The molecule has 0 saturated heterocycles. The van der Waals surface area contributed by atoms with E-state index in [0.29, 0.717) is 6.42 Å². The lowest BCUT2D eigenvalue weighted by molar-refractivity contribution is -0.150. The number of aryl methyl sites for hydroxylation is 2. The van der Waals surface area contributed by atoms with Crippen molar-refractivity contribution in [1.29, 1.82) is 0 Å². The zero-order valence-electron chi connectivity index (χ0n) is 9.28. The van der Waals surface area contributed by atoms with Gasteiger partial charge < -0.3 is 9.84 Å². The van der Waals surface area contributed by atoms with Gasteiger partial charge in [0.15, 0.2) is 6.10 Å². The Bertz CT molecular complexity index is 358. The van der Waals surface area contributed by atoms with Crippen LogP contribution in [0, 0.1) is 13.8 Å². The summed E-state index contributed by atoms with van der Waals surface area (Å²) >= 11 is 0. The summed E-state index contributed by atoms with van der Waals surface area (Å²) in [5.41, 5.74) is 3.22. The van der Waals surface area contributed by atoms with E-state index in [-0.39, 0.29) is 0 Å². The van der Waals surface area contributed by atoms with Gasteiger partial charge in [-0.2, -0.15) is 0 Å². The van der Waals surface area contributed by atoms with Gasteiger partial charge in [0.05, 0.1) is 7.11 Å². The van der Waals surface area contributed by atoms with Gasteiger partial charge in [0.25, 0.3) is 0 Å². The van der Waals surface area contributed by atoms with Crippen molar-refractivity contribution in [2.45, 2.75) is 26.4 Å². The van der Waals surface area contributed by atoms with Crippen LogP contribution in [0.5, 0.6) is 0 Å². The largest absolute Gasteiger partial charge is 0.467 e. The van der Waals surface area contributed by atoms with Crippen molar-refractivity contribution in [2.24, 2.45) is 0 Å². The van der Waals surface area contributed by atoms with Gasteiger partial charge in [-0.15, -0.1) is 0 Å². The quantitative estimate of drug-likeness (QED) is 0.763. The number of rotatable bonds is 3. The average molecular weight is 208 g/mol. The number of esters is 1. The normalized spacial score (nSPS) is 12.3. The molecular formula is C12H16O3. The first-order chi connectivity index (χ1) is 7.04. The molecule has 0 unspecified atom stereocenters. The van der Waals surface area contributed by atoms with E-state index in [1.165, 1.54) is 12.7 Å². The van der Waals surface area contributed by atoms with Crippen molar-refractivity contribution < 1.29 is 14.6 Å². The number of ether oxygens (including phenoxy) is 1. The third-order valence-corrected chi connectivity index (χ3v) is 2.38. The molecule has 15 heavy (non-hydrogen) atoms. The van der Waals surface area contributed by atoms with Gasteiger partial charge in [-0.25, -0.2) is 4.79 Å². The fraction of sp³-hybridized carbons (Fsp3) is 0.417. The third-order valence-electron chi connectivity index (χ3n) is 2.38. The van der Waals surface area contributed by atoms with Crippen LogP contribution in [0.25, 0.3) is 0 Å². The van der Waals surface area contributed by atoms with Gasteiger partial charge in [-0.05, 0) is 25.0 Å². The molecule has 1 atom stereocenters. The molecule has 1 rings (SSSR count). The average Bonchev–Trinajstić information content (AvgIpc) is 2.20. The maximum Gasteiger partial charge on any atom is 0.335 e. The molecular weight excluding hydrogens is 192 g/mol. The summed E-state index contributed by atoms with van der Waals surface area (Å²) in [6.45, 7) is 3.97. The molecule has 0 radical (unpaired) electrons. The van der Waals surface area contributed by atoms with Gasteiger partial charge in [-0.3, -0.25) is 0 Å². The Morgan fingerprint density at radius 2 is 2.13 bits per heavy atom. The van der Waals surface area contributed by atoms with Crippen LogP contribution in [0.1, 0.15) is 16.7 Å². The summed E-state index contributed by atoms with van der Waals surface area (Å²) in [4.78, 5) is 11.0. The lowest BCUT2D eigenvalue weighted by Crippen LogP contribution is -2.24. The van der Waals surface area contributed by atoms with Crippen molar-refractivity contribution in [3.63, 3.8) is 0 Å². The van der Waals surface area contributed by atoms with Crippen LogP contribution < -0.4 is 0 Å². The van der Waals surface area contributed by atoms with E-state index < -0.39 is 12.1 Å². The molecule has 0 heterocycles. The highest BCUT2D eigenvalue weighted by molar-refractivity contribution is 5.74. The van der Waals surface area contributed by atoms with E-state index in [1.807, 2.05) is 32.0 Å². The first kappa shape index (κ1) is 11.7. The Morgan fingerprint density at radius 1 is 1.47 bits per heavy atom. The minimum atomic E-state index is -1.07. The van der Waals surface area contributed by atoms with Crippen LogP contribution >= 0.6 is 0 Å². The maximum absolute atomic E-state index is 11.0. The monoisotopic (exact) mass is 208 g/mol. The fourth-order valence-corrected chi connectivity index (χ4v) is 1.50. The summed E-state index contributed by atoms with van der Waals surface area (Å²) in [6.07, 6.45) is -0.768. The molecule has 1 aromatic carbocycles. The predicted molar refractivity (Wildman–Crippen MR) is 57.6 cm³/mol. The number of benzene rings is 1. The molecule has 0 spiro atoms.